The molecule has 4 nitrogen and oxygen atoms in total. The Bertz CT molecular complexity index is 411. The molecule has 1 aliphatic rings. The maximum atomic E-state index is 10.8. The van der Waals surface area contributed by atoms with Crippen molar-refractivity contribution in [1.29, 1.82) is 0 Å². The van der Waals surface area contributed by atoms with Crippen molar-refractivity contribution in [3.63, 3.8) is 0 Å². The van der Waals surface area contributed by atoms with Gasteiger partial charge >= 0.3 is 0 Å². The van der Waals surface area contributed by atoms with Crippen molar-refractivity contribution in [2.75, 3.05) is 7.11 Å². The van der Waals surface area contributed by atoms with Gasteiger partial charge in [-0.2, -0.15) is 0 Å². The fourth-order valence-electron chi connectivity index (χ4n) is 1.44. The van der Waals surface area contributed by atoms with Crippen LogP contribution in [0.4, 0.5) is 0 Å². The first-order chi connectivity index (χ1) is 8.65. The van der Waals surface area contributed by atoms with Gasteiger partial charge in [0.25, 0.3) is 0 Å². The lowest BCUT2D eigenvalue weighted by molar-refractivity contribution is -0.102. The smallest absolute Gasteiger partial charge is 0.167 e. The summed E-state index contributed by atoms with van der Waals surface area (Å²) in [6.07, 6.45) is 10.1. The number of carbonyl (C=O) groups excluding carboxylic acids is 1. The zero-order chi connectivity index (χ0) is 13.4. The first-order valence-corrected chi connectivity index (χ1v) is 6.57. The van der Waals surface area contributed by atoms with Crippen molar-refractivity contribution in [3.05, 3.63) is 35.7 Å². The van der Waals surface area contributed by atoms with E-state index in [9.17, 15) is 4.79 Å². The van der Waals surface area contributed by atoms with Gasteiger partial charge in [-0.1, -0.05) is 39.3 Å². The fourth-order valence-corrected chi connectivity index (χ4v) is 1.78. The normalized spacial score (nSPS) is 23.7. The molecule has 1 unspecified atom stereocenters. The number of hydrogen-bond acceptors (Lipinski definition) is 4. The van der Waals surface area contributed by atoms with Crippen LogP contribution in [0.5, 0.6) is 0 Å². The van der Waals surface area contributed by atoms with Crippen LogP contribution in [-0.2, 0) is 9.63 Å². The first kappa shape index (κ1) is 14.7. The van der Waals surface area contributed by atoms with E-state index in [-0.39, 0.29) is 4.83 Å². The van der Waals surface area contributed by atoms with Crippen LogP contribution in [0.25, 0.3) is 0 Å². The van der Waals surface area contributed by atoms with E-state index in [2.05, 4.69) is 43.4 Å². The Balaban J connectivity index is 2.84. The fraction of sp³-hybridized carbons (Fsp3) is 0.385. The molecule has 5 heteroatoms. The molecule has 0 aromatic heterocycles. The van der Waals surface area contributed by atoms with Crippen LogP contribution in [0, 0.1) is 0 Å². The van der Waals surface area contributed by atoms with Gasteiger partial charge in [-0.05, 0) is 18.9 Å². The van der Waals surface area contributed by atoms with Crippen LogP contribution >= 0.6 is 15.9 Å². The second-order valence-electron chi connectivity index (χ2n) is 3.92. The molecule has 0 bridgehead atoms. The summed E-state index contributed by atoms with van der Waals surface area (Å²) in [5.74, 6) is 0. The molecule has 1 heterocycles. The molecular weight excluding hydrogens is 296 g/mol. The number of nitrogens with zero attached hydrogens (tertiary/aromatic N) is 1. The van der Waals surface area contributed by atoms with Gasteiger partial charge in [-0.15, -0.1) is 0 Å². The second kappa shape index (κ2) is 7.87. The highest BCUT2D eigenvalue weighted by Crippen LogP contribution is 2.14. The predicted octanol–water partition coefficient (Wildman–Crippen LogP) is 2.68. The van der Waals surface area contributed by atoms with Gasteiger partial charge in [0.15, 0.2) is 6.29 Å². The van der Waals surface area contributed by atoms with Crippen LogP contribution in [0.3, 0.4) is 0 Å². The van der Waals surface area contributed by atoms with Crippen molar-refractivity contribution in [1.82, 2.24) is 5.32 Å². The van der Waals surface area contributed by atoms with Crippen LogP contribution in [0.2, 0.25) is 0 Å². The van der Waals surface area contributed by atoms with E-state index < -0.39 is 0 Å². The van der Waals surface area contributed by atoms with Crippen molar-refractivity contribution in [2.24, 2.45) is 5.16 Å². The Morgan fingerprint density at radius 1 is 1.72 bits per heavy atom. The first-order valence-electron chi connectivity index (χ1n) is 5.65. The Morgan fingerprint density at radius 2 is 2.50 bits per heavy atom. The predicted molar refractivity (Wildman–Crippen MR) is 76.6 cm³/mol. The number of aldehydes is 1. The number of oxime groups is 1. The molecule has 0 spiro atoms. The van der Waals surface area contributed by atoms with Gasteiger partial charge in [0.1, 0.15) is 12.8 Å². The average Bonchev–Trinajstić information content (AvgIpc) is 2.44. The maximum Gasteiger partial charge on any atom is 0.167 e. The lowest BCUT2D eigenvalue weighted by Crippen LogP contribution is -2.06. The summed E-state index contributed by atoms with van der Waals surface area (Å²) in [5.41, 5.74) is 2.41. The summed E-state index contributed by atoms with van der Waals surface area (Å²) in [7, 11) is 1.43. The van der Waals surface area contributed by atoms with Crippen LogP contribution in [-0.4, -0.2) is 23.9 Å². The minimum atomic E-state index is 0.287. The van der Waals surface area contributed by atoms with Gasteiger partial charge in [0.05, 0.1) is 0 Å². The number of nitrogens with one attached hydrogen (secondary N) is 1. The lowest BCUT2D eigenvalue weighted by atomic mass is 10.1. The molecule has 18 heavy (non-hydrogen) atoms. The number of halogens is 1. The second-order valence-corrected chi connectivity index (χ2v) is 5.10. The number of carbonyl (C=O) groups is 1. The quantitative estimate of drug-likeness (QED) is 0.376. The van der Waals surface area contributed by atoms with Crippen molar-refractivity contribution in [3.8, 4) is 0 Å². The molecule has 0 radical (unpaired) electrons. The average molecular weight is 313 g/mol. The minimum Gasteiger partial charge on any atom is -0.399 e. The largest absolute Gasteiger partial charge is 0.399 e. The standard InChI is InChI=1S/C13H17BrN2O2/c1-10-3-5-12(14)6-4-11(8-15-10)7-13(9-17)16-18-2/h3-4,6,8-9,12,15H,5,7H2,1-2H3/b6-4?,10-3+,11-8?,16-13+. The highest BCUT2D eigenvalue weighted by molar-refractivity contribution is 9.09. The Kier molecular flexibility index (Phi) is 6.43. The summed E-state index contributed by atoms with van der Waals surface area (Å²) in [5, 5.41) is 6.85. The third kappa shape index (κ3) is 5.31. The number of alkyl halides is 1. The summed E-state index contributed by atoms with van der Waals surface area (Å²) in [6, 6.07) is 0. The Hall–Kier alpha value is -1.36. The van der Waals surface area contributed by atoms with Crippen LogP contribution in [0.1, 0.15) is 19.8 Å². The van der Waals surface area contributed by atoms with E-state index in [4.69, 9.17) is 0 Å². The molecule has 0 saturated carbocycles. The molecule has 0 aromatic rings. The Labute approximate surface area is 116 Å². The zero-order valence-electron chi connectivity index (χ0n) is 10.5. The summed E-state index contributed by atoms with van der Waals surface area (Å²) < 4.78 is 0. The van der Waals surface area contributed by atoms with Crippen LogP contribution in [0.15, 0.2) is 40.9 Å². The lowest BCUT2D eigenvalue weighted by Gasteiger charge is -2.03. The third-order valence-electron chi connectivity index (χ3n) is 2.38. The van der Waals surface area contributed by atoms with Crippen molar-refractivity contribution in [2.45, 2.75) is 24.6 Å². The van der Waals surface area contributed by atoms with E-state index in [0.29, 0.717) is 18.4 Å². The van der Waals surface area contributed by atoms with Gasteiger partial charge in [-0.3, -0.25) is 4.79 Å². The molecular formula is C13H17BrN2O2. The zero-order valence-corrected chi connectivity index (χ0v) is 12.1. The molecule has 1 atom stereocenters. The van der Waals surface area contributed by atoms with E-state index in [1.54, 1.807) is 0 Å². The molecule has 1 rings (SSSR count). The topological polar surface area (TPSA) is 50.7 Å². The number of rotatable bonds is 4. The SMILES string of the molecule is CO/N=C(/C=O)CC1=CN/C(C)=C/CC(Br)C=C1. The van der Waals surface area contributed by atoms with Gasteiger partial charge < -0.3 is 10.2 Å². The summed E-state index contributed by atoms with van der Waals surface area (Å²) in [6.45, 7) is 2.00. The monoisotopic (exact) mass is 312 g/mol. The molecule has 0 amide bonds. The molecule has 0 fully saturated rings. The number of allylic oxidation sites excluding steroid dienone is 5. The minimum absolute atomic E-state index is 0.287. The van der Waals surface area contributed by atoms with E-state index in [0.717, 1.165) is 17.7 Å². The van der Waals surface area contributed by atoms with Crippen molar-refractivity contribution >= 4 is 27.9 Å². The van der Waals surface area contributed by atoms with E-state index in [1.807, 2.05) is 19.2 Å². The summed E-state index contributed by atoms with van der Waals surface area (Å²) in [4.78, 5) is 15.7. The van der Waals surface area contributed by atoms with E-state index in [1.165, 1.54) is 7.11 Å². The van der Waals surface area contributed by atoms with Gasteiger partial charge in [0.2, 0.25) is 0 Å². The maximum absolute atomic E-state index is 10.8. The van der Waals surface area contributed by atoms with Gasteiger partial charge in [-0.25, -0.2) is 0 Å². The molecule has 1 N–H and O–H groups in total. The van der Waals surface area contributed by atoms with Crippen LogP contribution < -0.4 is 5.32 Å². The van der Waals surface area contributed by atoms with E-state index >= 15 is 0 Å². The van der Waals surface area contributed by atoms with Crippen molar-refractivity contribution < 1.29 is 9.63 Å². The van der Waals surface area contributed by atoms with Gasteiger partial charge in [0, 0.05) is 23.1 Å². The third-order valence-corrected chi connectivity index (χ3v) is 3.06. The Morgan fingerprint density at radius 3 is 3.17 bits per heavy atom. The highest BCUT2D eigenvalue weighted by Gasteiger charge is 2.05. The highest BCUT2D eigenvalue weighted by atomic mass is 79.9. The molecule has 0 aliphatic carbocycles. The molecule has 98 valence electrons. The number of hydrogen-bond donors (Lipinski definition) is 1. The summed E-state index contributed by atoms with van der Waals surface area (Å²) >= 11 is 3.57. The molecule has 0 saturated heterocycles. The molecule has 1 aliphatic heterocycles. The molecule has 0 aromatic carbocycles.